The molecule has 2 heterocycles. The second kappa shape index (κ2) is 11.3. The Kier molecular flexibility index (Phi) is 7.60. The Hall–Kier alpha value is -4.94. The molecule has 3 N–H and O–H groups in total. The zero-order valence-electron chi connectivity index (χ0n) is 21.4. The van der Waals surface area contributed by atoms with Gasteiger partial charge in [0.25, 0.3) is 11.5 Å². The molecule has 1 saturated carbocycles. The summed E-state index contributed by atoms with van der Waals surface area (Å²) < 4.78 is 43.6. The SMILES string of the molecule is O=C(CNC(=O)c1ccccc1O)N[C@H]1CC[C@@H](n2c(=O)c3cc(F)cnc3n(-c3ccc(F)c(F)c3)c2=O)CC1. The van der Waals surface area contributed by atoms with E-state index in [-0.39, 0.29) is 40.6 Å². The number of carbonyl (C=O) groups excluding carboxylic acids is 2. The Morgan fingerprint density at radius 2 is 1.71 bits per heavy atom. The molecule has 0 radical (unpaired) electrons. The third kappa shape index (κ3) is 5.55. The van der Waals surface area contributed by atoms with E-state index in [4.69, 9.17) is 0 Å². The molecular formula is C28H24F3N5O5. The number of pyridine rings is 1. The van der Waals surface area contributed by atoms with Gasteiger partial charge in [0.1, 0.15) is 11.6 Å². The summed E-state index contributed by atoms with van der Waals surface area (Å²) in [5, 5.41) is 14.8. The van der Waals surface area contributed by atoms with Crippen molar-refractivity contribution in [3.05, 3.63) is 98.6 Å². The summed E-state index contributed by atoms with van der Waals surface area (Å²) in [5.74, 6) is -4.43. The van der Waals surface area contributed by atoms with E-state index in [0.717, 1.165) is 39.6 Å². The molecule has 2 aromatic carbocycles. The monoisotopic (exact) mass is 567 g/mol. The molecule has 10 nitrogen and oxygen atoms in total. The summed E-state index contributed by atoms with van der Waals surface area (Å²) in [6.07, 6.45) is 2.20. The average molecular weight is 568 g/mol. The fourth-order valence-electron chi connectivity index (χ4n) is 5.04. The molecule has 0 aliphatic heterocycles. The molecule has 0 saturated heterocycles. The maximum Gasteiger partial charge on any atom is 0.337 e. The van der Waals surface area contributed by atoms with Crippen molar-refractivity contribution < 1.29 is 27.9 Å². The van der Waals surface area contributed by atoms with Crippen LogP contribution in [0.4, 0.5) is 13.2 Å². The number of para-hydroxylation sites is 1. The predicted octanol–water partition coefficient (Wildman–Crippen LogP) is 2.70. The molecule has 5 rings (SSSR count). The van der Waals surface area contributed by atoms with E-state index >= 15 is 0 Å². The van der Waals surface area contributed by atoms with Gasteiger partial charge in [0.05, 0.1) is 29.4 Å². The average Bonchev–Trinajstić information content (AvgIpc) is 2.95. The lowest BCUT2D eigenvalue weighted by atomic mass is 9.91. The van der Waals surface area contributed by atoms with Crippen LogP contribution < -0.4 is 21.9 Å². The Bertz CT molecular complexity index is 1780. The summed E-state index contributed by atoms with van der Waals surface area (Å²) in [5.41, 5.74) is -1.86. The number of nitrogens with one attached hydrogen (secondary N) is 2. The molecule has 0 bridgehead atoms. The first-order valence-corrected chi connectivity index (χ1v) is 12.8. The first-order chi connectivity index (χ1) is 19.6. The number of benzene rings is 2. The van der Waals surface area contributed by atoms with E-state index in [1.165, 1.54) is 12.1 Å². The second-order valence-electron chi connectivity index (χ2n) is 9.69. The van der Waals surface area contributed by atoms with E-state index < -0.39 is 46.6 Å². The van der Waals surface area contributed by atoms with Crippen LogP contribution in [-0.2, 0) is 4.79 Å². The summed E-state index contributed by atoms with van der Waals surface area (Å²) in [4.78, 5) is 55.5. The number of carbonyl (C=O) groups is 2. The minimum Gasteiger partial charge on any atom is -0.507 e. The highest BCUT2D eigenvalue weighted by atomic mass is 19.2. The van der Waals surface area contributed by atoms with E-state index in [9.17, 15) is 37.5 Å². The van der Waals surface area contributed by atoms with Crippen LogP contribution in [0.5, 0.6) is 5.75 Å². The van der Waals surface area contributed by atoms with Gasteiger partial charge in [-0.1, -0.05) is 12.1 Å². The van der Waals surface area contributed by atoms with Crippen LogP contribution in [0, 0.1) is 17.5 Å². The third-order valence-corrected chi connectivity index (χ3v) is 7.04. The number of rotatable bonds is 6. The molecule has 1 aliphatic rings. The lowest BCUT2D eigenvalue weighted by Crippen LogP contribution is -2.46. The molecule has 41 heavy (non-hydrogen) atoms. The minimum absolute atomic E-state index is 0.0331. The summed E-state index contributed by atoms with van der Waals surface area (Å²) >= 11 is 0. The summed E-state index contributed by atoms with van der Waals surface area (Å²) in [6, 6.07) is 8.72. The number of hydrogen-bond acceptors (Lipinski definition) is 6. The first-order valence-electron chi connectivity index (χ1n) is 12.8. The number of aromatic nitrogens is 3. The summed E-state index contributed by atoms with van der Waals surface area (Å²) in [7, 11) is 0. The Labute approximate surface area is 230 Å². The Morgan fingerprint density at radius 1 is 0.976 bits per heavy atom. The summed E-state index contributed by atoms with van der Waals surface area (Å²) in [6.45, 7) is -0.325. The van der Waals surface area contributed by atoms with Gasteiger partial charge in [0, 0.05) is 18.2 Å². The van der Waals surface area contributed by atoms with Gasteiger partial charge in [-0.3, -0.25) is 19.0 Å². The van der Waals surface area contributed by atoms with Gasteiger partial charge in [-0.2, -0.15) is 0 Å². The lowest BCUT2D eigenvalue weighted by Gasteiger charge is -2.30. The maximum absolute atomic E-state index is 14.1. The highest BCUT2D eigenvalue weighted by Crippen LogP contribution is 2.27. The van der Waals surface area contributed by atoms with Crippen LogP contribution in [0.2, 0.25) is 0 Å². The van der Waals surface area contributed by atoms with Crippen molar-refractivity contribution in [2.24, 2.45) is 0 Å². The molecule has 1 aliphatic carbocycles. The number of phenols is 1. The van der Waals surface area contributed by atoms with Crippen LogP contribution >= 0.6 is 0 Å². The van der Waals surface area contributed by atoms with Crippen LogP contribution in [0.25, 0.3) is 16.7 Å². The topological polar surface area (TPSA) is 135 Å². The van der Waals surface area contributed by atoms with Crippen molar-refractivity contribution in [3.8, 4) is 11.4 Å². The van der Waals surface area contributed by atoms with E-state index in [1.54, 1.807) is 12.1 Å². The fourth-order valence-corrected chi connectivity index (χ4v) is 5.04. The lowest BCUT2D eigenvalue weighted by molar-refractivity contribution is -0.121. The molecule has 0 spiro atoms. The number of aromatic hydroxyl groups is 1. The zero-order valence-corrected chi connectivity index (χ0v) is 21.4. The normalized spacial score (nSPS) is 16.9. The van der Waals surface area contributed by atoms with Gasteiger partial charge >= 0.3 is 5.69 Å². The Morgan fingerprint density at radius 3 is 2.41 bits per heavy atom. The largest absolute Gasteiger partial charge is 0.507 e. The van der Waals surface area contributed by atoms with Crippen molar-refractivity contribution in [2.75, 3.05) is 6.54 Å². The maximum atomic E-state index is 14.1. The first kappa shape index (κ1) is 27.6. The van der Waals surface area contributed by atoms with Crippen LogP contribution in [-0.4, -0.2) is 43.6 Å². The van der Waals surface area contributed by atoms with Crippen molar-refractivity contribution in [2.45, 2.75) is 37.8 Å². The molecule has 2 amide bonds. The highest BCUT2D eigenvalue weighted by Gasteiger charge is 2.28. The van der Waals surface area contributed by atoms with Crippen molar-refractivity contribution in [1.29, 1.82) is 0 Å². The van der Waals surface area contributed by atoms with E-state index in [0.29, 0.717) is 25.7 Å². The highest BCUT2D eigenvalue weighted by molar-refractivity contribution is 5.98. The van der Waals surface area contributed by atoms with Crippen molar-refractivity contribution >= 4 is 22.8 Å². The smallest absolute Gasteiger partial charge is 0.337 e. The second-order valence-corrected chi connectivity index (χ2v) is 9.69. The predicted molar refractivity (Wildman–Crippen MR) is 141 cm³/mol. The molecule has 1 fully saturated rings. The molecule has 13 heteroatoms. The van der Waals surface area contributed by atoms with Gasteiger partial charge < -0.3 is 15.7 Å². The van der Waals surface area contributed by atoms with Gasteiger partial charge in [0.15, 0.2) is 17.3 Å². The molecule has 0 atom stereocenters. The van der Waals surface area contributed by atoms with Crippen molar-refractivity contribution in [1.82, 2.24) is 24.8 Å². The molecule has 212 valence electrons. The van der Waals surface area contributed by atoms with Crippen molar-refractivity contribution in [3.63, 3.8) is 0 Å². The minimum atomic E-state index is -1.21. The van der Waals surface area contributed by atoms with Gasteiger partial charge in [0.2, 0.25) is 5.91 Å². The van der Waals surface area contributed by atoms with Gasteiger partial charge in [-0.15, -0.1) is 0 Å². The number of hydrogen-bond donors (Lipinski definition) is 3. The molecule has 4 aromatic rings. The quantitative estimate of drug-likeness (QED) is 0.328. The van der Waals surface area contributed by atoms with Crippen LogP contribution in [0.15, 0.2) is 64.3 Å². The van der Waals surface area contributed by atoms with Crippen LogP contribution in [0.1, 0.15) is 42.1 Å². The zero-order chi connectivity index (χ0) is 29.3. The van der Waals surface area contributed by atoms with Crippen LogP contribution in [0.3, 0.4) is 0 Å². The van der Waals surface area contributed by atoms with Gasteiger partial charge in [-0.25, -0.2) is 27.5 Å². The third-order valence-electron chi connectivity index (χ3n) is 7.04. The molecule has 2 aromatic heterocycles. The number of amides is 2. The number of fused-ring (bicyclic) bond motifs is 1. The molecular weight excluding hydrogens is 543 g/mol. The number of halogens is 3. The molecule has 0 unspecified atom stereocenters. The Balaban J connectivity index is 1.33. The number of phenolic OH excluding ortho intramolecular Hbond substituents is 1. The fraction of sp³-hybridized carbons (Fsp3) is 0.250. The van der Waals surface area contributed by atoms with E-state index in [1.807, 2.05) is 0 Å². The number of nitrogens with zero attached hydrogens (tertiary/aromatic N) is 3. The van der Waals surface area contributed by atoms with Gasteiger partial charge in [-0.05, 0) is 56.0 Å². The van der Waals surface area contributed by atoms with E-state index in [2.05, 4.69) is 15.6 Å². The standard InChI is InChI=1S/C28H24F3N5O5/c29-15-11-20-25(32-13-15)35(18-9-10-21(30)22(31)12-18)28(41)36(27(20)40)17-7-5-16(6-8-17)34-24(38)14-33-26(39)19-3-1-2-4-23(19)37/h1-4,9-13,16-17,37H,5-8,14H2,(H,33,39)(H,34,38)/t16-,17+.